The minimum Gasteiger partial charge on any atom is -0.497 e. The first-order valence-electron chi connectivity index (χ1n) is 10.1. The van der Waals surface area contributed by atoms with Crippen LogP contribution in [0.25, 0.3) is 0 Å². The zero-order chi connectivity index (χ0) is 21.8. The monoisotopic (exact) mass is 483 g/mol. The number of rotatable bonds is 6. The lowest BCUT2D eigenvalue weighted by Crippen LogP contribution is -2.47. The van der Waals surface area contributed by atoms with Crippen LogP contribution in [0, 0.1) is 0 Å². The molecule has 0 unspecified atom stereocenters. The molecule has 4 rings (SSSR count). The molecule has 0 amide bonds. The fourth-order valence-corrected chi connectivity index (χ4v) is 3.63. The predicted molar refractivity (Wildman–Crippen MR) is 129 cm³/mol. The third-order valence-electron chi connectivity index (χ3n) is 5.10. The molecule has 1 aromatic carbocycles. The van der Waals surface area contributed by atoms with E-state index in [9.17, 15) is 0 Å². The number of piperazine rings is 1. The number of pyridine rings is 1. The first-order chi connectivity index (χ1) is 15.0. The Morgan fingerprint density at radius 3 is 2.45 bits per heavy atom. The van der Waals surface area contributed by atoms with Gasteiger partial charge in [0.2, 0.25) is 5.95 Å². The fraction of sp³-hybridized carbons (Fsp3) is 0.318. The highest BCUT2D eigenvalue weighted by molar-refractivity contribution is 9.10. The van der Waals surface area contributed by atoms with Gasteiger partial charge in [-0.1, -0.05) is 6.07 Å². The van der Waals surface area contributed by atoms with Gasteiger partial charge in [-0.25, -0.2) is 4.98 Å². The van der Waals surface area contributed by atoms with E-state index in [1.807, 2.05) is 67.7 Å². The molecule has 8 nitrogen and oxygen atoms in total. The summed E-state index contributed by atoms with van der Waals surface area (Å²) >= 11 is 3.44. The van der Waals surface area contributed by atoms with Crippen molar-refractivity contribution < 1.29 is 4.74 Å². The molecule has 9 heteroatoms. The van der Waals surface area contributed by atoms with E-state index in [4.69, 9.17) is 14.7 Å². The maximum Gasteiger partial charge on any atom is 0.229 e. The number of aromatic nitrogens is 3. The average Bonchev–Trinajstić information content (AvgIpc) is 2.79. The molecule has 0 saturated carbocycles. The normalized spacial score (nSPS) is 13.8. The number of hydrogen-bond acceptors (Lipinski definition) is 8. The van der Waals surface area contributed by atoms with Gasteiger partial charge in [0, 0.05) is 68.8 Å². The molecule has 1 aliphatic heterocycles. The van der Waals surface area contributed by atoms with Crippen molar-refractivity contribution in [3.8, 4) is 5.75 Å². The highest BCUT2D eigenvalue weighted by Crippen LogP contribution is 2.25. The fourth-order valence-electron chi connectivity index (χ4n) is 3.40. The van der Waals surface area contributed by atoms with Crippen LogP contribution in [0.1, 0.15) is 0 Å². The predicted octanol–water partition coefficient (Wildman–Crippen LogP) is 3.78. The van der Waals surface area contributed by atoms with Crippen molar-refractivity contribution in [1.29, 1.82) is 0 Å². The van der Waals surface area contributed by atoms with E-state index in [1.54, 1.807) is 7.11 Å². The van der Waals surface area contributed by atoms with Crippen LogP contribution >= 0.6 is 15.9 Å². The third-order valence-corrected chi connectivity index (χ3v) is 5.57. The topological polar surface area (TPSA) is 69.7 Å². The van der Waals surface area contributed by atoms with E-state index in [-0.39, 0.29) is 0 Å². The van der Waals surface area contributed by atoms with Gasteiger partial charge >= 0.3 is 0 Å². The minimum atomic E-state index is 0.722. The maximum absolute atomic E-state index is 5.32. The van der Waals surface area contributed by atoms with Crippen molar-refractivity contribution in [2.24, 2.45) is 0 Å². The van der Waals surface area contributed by atoms with Crippen molar-refractivity contribution >= 4 is 45.0 Å². The SMILES string of the molecule is COc1cccc(Nc2cc(N(C)C)nc(N3CCN(c4ccc(Br)cn4)CC3)n2)c1. The Hall–Kier alpha value is -3.07. The van der Waals surface area contributed by atoms with Gasteiger partial charge in [0.1, 0.15) is 23.2 Å². The largest absolute Gasteiger partial charge is 0.497 e. The average molecular weight is 484 g/mol. The Kier molecular flexibility index (Phi) is 6.41. The lowest BCUT2D eigenvalue weighted by atomic mass is 10.3. The van der Waals surface area contributed by atoms with Crippen molar-refractivity contribution in [3.63, 3.8) is 0 Å². The highest BCUT2D eigenvalue weighted by atomic mass is 79.9. The van der Waals surface area contributed by atoms with Gasteiger partial charge in [0.15, 0.2) is 0 Å². The van der Waals surface area contributed by atoms with Crippen molar-refractivity contribution in [2.75, 3.05) is 67.4 Å². The van der Waals surface area contributed by atoms with Crippen LogP contribution in [-0.2, 0) is 0 Å². The van der Waals surface area contributed by atoms with E-state index in [0.717, 1.165) is 65.5 Å². The van der Waals surface area contributed by atoms with Gasteiger partial charge in [-0.3, -0.25) is 0 Å². The Bertz CT molecular complexity index is 1020. The minimum absolute atomic E-state index is 0.722. The molecular weight excluding hydrogens is 458 g/mol. The van der Waals surface area contributed by atoms with E-state index in [2.05, 4.69) is 36.0 Å². The van der Waals surface area contributed by atoms with Gasteiger partial charge in [-0.2, -0.15) is 9.97 Å². The first kappa shape index (κ1) is 21.2. The number of benzene rings is 1. The molecule has 0 spiro atoms. The van der Waals surface area contributed by atoms with Crippen LogP contribution in [0.2, 0.25) is 0 Å². The van der Waals surface area contributed by atoms with E-state index in [1.165, 1.54) is 0 Å². The number of anilines is 5. The molecule has 1 saturated heterocycles. The molecule has 2 aromatic heterocycles. The smallest absolute Gasteiger partial charge is 0.229 e. The summed E-state index contributed by atoms with van der Waals surface area (Å²) in [5.41, 5.74) is 0.917. The molecule has 1 N–H and O–H groups in total. The molecule has 0 bridgehead atoms. The van der Waals surface area contributed by atoms with Crippen molar-refractivity contribution in [2.45, 2.75) is 0 Å². The molecule has 3 heterocycles. The molecule has 0 radical (unpaired) electrons. The van der Waals surface area contributed by atoms with E-state index >= 15 is 0 Å². The van der Waals surface area contributed by atoms with Crippen LogP contribution in [0.3, 0.4) is 0 Å². The molecule has 3 aromatic rings. The summed E-state index contributed by atoms with van der Waals surface area (Å²) in [4.78, 5) is 20.6. The second-order valence-electron chi connectivity index (χ2n) is 7.47. The second-order valence-corrected chi connectivity index (χ2v) is 8.39. The van der Waals surface area contributed by atoms with Crippen LogP contribution in [-0.4, -0.2) is 62.3 Å². The lowest BCUT2D eigenvalue weighted by molar-refractivity contribution is 0.415. The third kappa shape index (κ3) is 5.16. The molecule has 0 aliphatic carbocycles. The van der Waals surface area contributed by atoms with E-state index < -0.39 is 0 Å². The Labute approximate surface area is 191 Å². The molecule has 31 heavy (non-hydrogen) atoms. The zero-order valence-corrected chi connectivity index (χ0v) is 19.5. The number of nitrogens with one attached hydrogen (secondary N) is 1. The first-order valence-corrected chi connectivity index (χ1v) is 10.9. The molecular formula is C22H26BrN7O. The van der Waals surface area contributed by atoms with Gasteiger partial charge in [0.05, 0.1) is 7.11 Å². The summed E-state index contributed by atoms with van der Waals surface area (Å²) in [6.45, 7) is 3.38. The number of ether oxygens (including phenoxy) is 1. The van der Waals surface area contributed by atoms with E-state index in [0.29, 0.717) is 0 Å². The van der Waals surface area contributed by atoms with Gasteiger partial charge in [-0.05, 0) is 40.2 Å². The number of hydrogen-bond donors (Lipinski definition) is 1. The number of nitrogens with zero attached hydrogens (tertiary/aromatic N) is 6. The van der Waals surface area contributed by atoms with Crippen molar-refractivity contribution in [1.82, 2.24) is 15.0 Å². The van der Waals surface area contributed by atoms with Gasteiger partial charge in [-0.15, -0.1) is 0 Å². The van der Waals surface area contributed by atoms with Crippen LogP contribution < -0.4 is 24.8 Å². The van der Waals surface area contributed by atoms with Gasteiger partial charge in [0.25, 0.3) is 0 Å². The summed E-state index contributed by atoms with van der Waals surface area (Å²) < 4.78 is 6.31. The second kappa shape index (κ2) is 9.38. The highest BCUT2D eigenvalue weighted by Gasteiger charge is 2.21. The summed E-state index contributed by atoms with van der Waals surface area (Å²) in [6, 6.07) is 13.8. The Morgan fingerprint density at radius 1 is 1.00 bits per heavy atom. The van der Waals surface area contributed by atoms with Crippen LogP contribution in [0.4, 0.5) is 29.1 Å². The number of halogens is 1. The molecule has 1 fully saturated rings. The lowest BCUT2D eigenvalue weighted by Gasteiger charge is -2.35. The van der Waals surface area contributed by atoms with Crippen LogP contribution in [0.15, 0.2) is 53.1 Å². The summed E-state index contributed by atoms with van der Waals surface area (Å²) in [6.07, 6.45) is 1.84. The molecule has 0 atom stereocenters. The molecule has 1 aliphatic rings. The summed E-state index contributed by atoms with van der Waals surface area (Å²) in [5, 5.41) is 3.38. The summed E-state index contributed by atoms with van der Waals surface area (Å²) in [5.74, 6) is 4.11. The Balaban J connectivity index is 1.52. The maximum atomic E-state index is 5.32. The van der Waals surface area contributed by atoms with Gasteiger partial charge < -0.3 is 24.8 Å². The standard InChI is InChI=1S/C22H26BrN7O/c1-28(2)21-14-19(25-17-5-4-6-18(13-17)31-3)26-22(27-21)30-11-9-29(10-12-30)20-8-7-16(23)15-24-20/h4-8,13-15H,9-12H2,1-3H3,(H,25,26,27). The zero-order valence-electron chi connectivity index (χ0n) is 17.9. The molecule has 162 valence electrons. The summed E-state index contributed by atoms with van der Waals surface area (Å²) in [7, 11) is 5.63. The quantitative estimate of drug-likeness (QED) is 0.567. The van der Waals surface area contributed by atoms with Crippen molar-refractivity contribution in [3.05, 3.63) is 53.1 Å². The number of methoxy groups -OCH3 is 1. The van der Waals surface area contributed by atoms with Crippen LogP contribution in [0.5, 0.6) is 5.75 Å². The Morgan fingerprint density at radius 2 is 1.77 bits per heavy atom.